The van der Waals surface area contributed by atoms with Gasteiger partial charge >= 0.3 is 6.18 Å². The molecular formula is C17H32F3N5. The molecule has 0 saturated carbocycles. The Morgan fingerprint density at radius 2 is 1.88 bits per heavy atom. The number of nitrogens with one attached hydrogen (secondary N) is 2. The highest BCUT2D eigenvalue weighted by Gasteiger charge is 2.34. The largest absolute Gasteiger partial charge is 0.401 e. The van der Waals surface area contributed by atoms with Crippen LogP contribution in [0, 0.1) is 0 Å². The SMILES string of the molecule is CCNC(=NCCCCN1CCCC1)NC1CCN(CC(F)(F)F)C1. The van der Waals surface area contributed by atoms with E-state index >= 15 is 0 Å². The second-order valence-electron chi connectivity index (χ2n) is 7.00. The molecule has 1 atom stereocenters. The van der Waals surface area contributed by atoms with Gasteiger partial charge in [0.2, 0.25) is 0 Å². The van der Waals surface area contributed by atoms with E-state index in [1.165, 1.54) is 30.8 Å². The molecule has 2 aliphatic heterocycles. The van der Waals surface area contributed by atoms with Gasteiger partial charge in [0.15, 0.2) is 5.96 Å². The lowest BCUT2D eigenvalue weighted by atomic mass is 10.3. The number of hydrogen-bond acceptors (Lipinski definition) is 3. The Morgan fingerprint density at radius 3 is 2.56 bits per heavy atom. The van der Waals surface area contributed by atoms with Crippen molar-refractivity contribution in [2.75, 3.05) is 52.4 Å². The predicted octanol–water partition coefficient (Wildman–Crippen LogP) is 2.05. The van der Waals surface area contributed by atoms with Gasteiger partial charge in [0.05, 0.1) is 6.54 Å². The van der Waals surface area contributed by atoms with Crippen molar-refractivity contribution in [3.05, 3.63) is 0 Å². The van der Waals surface area contributed by atoms with Crippen LogP contribution in [-0.4, -0.2) is 80.3 Å². The van der Waals surface area contributed by atoms with E-state index in [1.54, 1.807) is 0 Å². The maximum Gasteiger partial charge on any atom is 0.401 e. The van der Waals surface area contributed by atoms with Gasteiger partial charge in [-0.3, -0.25) is 9.89 Å². The molecule has 0 bridgehead atoms. The maximum atomic E-state index is 12.5. The van der Waals surface area contributed by atoms with Crippen molar-refractivity contribution in [3.8, 4) is 0 Å². The van der Waals surface area contributed by atoms with Gasteiger partial charge in [-0.2, -0.15) is 13.2 Å². The van der Waals surface area contributed by atoms with Crippen molar-refractivity contribution in [3.63, 3.8) is 0 Å². The number of rotatable bonds is 8. The van der Waals surface area contributed by atoms with Crippen molar-refractivity contribution >= 4 is 5.96 Å². The predicted molar refractivity (Wildman–Crippen MR) is 94.9 cm³/mol. The van der Waals surface area contributed by atoms with Crippen LogP contribution < -0.4 is 10.6 Å². The van der Waals surface area contributed by atoms with Gasteiger partial charge in [-0.25, -0.2) is 0 Å². The summed E-state index contributed by atoms with van der Waals surface area (Å²) >= 11 is 0. The first-order chi connectivity index (χ1) is 12.0. The number of guanidine groups is 1. The van der Waals surface area contributed by atoms with Gasteiger partial charge in [-0.15, -0.1) is 0 Å². The standard InChI is InChI=1S/C17H32F3N5/c1-2-21-16(22-8-3-4-9-24-10-5-6-11-24)23-15-7-12-25(13-15)14-17(18,19)20/h15H,2-14H2,1H3,(H2,21,22,23). The van der Waals surface area contributed by atoms with Crippen LogP contribution in [-0.2, 0) is 0 Å². The van der Waals surface area contributed by atoms with Gasteiger partial charge in [0.25, 0.3) is 0 Å². The minimum Gasteiger partial charge on any atom is -0.357 e. The number of aliphatic imine (C=N–C) groups is 1. The van der Waals surface area contributed by atoms with Crippen LogP contribution in [0.1, 0.15) is 39.0 Å². The molecule has 2 heterocycles. The lowest BCUT2D eigenvalue weighted by molar-refractivity contribution is -0.143. The van der Waals surface area contributed by atoms with Gasteiger partial charge in [0, 0.05) is 32.2 Å². The molecule has 146 valence electrons. The van der Waals surface area contributed by atoms with E-state index < -0.39 is 12.7 Å². The smallest absolute Gasteiger partial charge is 0.357 e. The molecule has 0 aromatic rings. The molecule has 2 saturated heterocycles. The maximum absolute atomic E-state index is 12.5. The molecule has 0 aromatic heterocycles. The topological polar surface area (TPSA) is 42.9 Å². The summed E-state index contributed by atoms with van der Waals surface area (Å²) in [7, 11) is 0. The Morgan fingerprint density at radius 1 is 1.12 bits per heavy atom. The first kappa shape index (κ1) is 20.3. The number of likely N-dealkylation sites (tertiary alicyclic amines) is 2. The minimum absolute atomic E-state index is 0.0322. The lowest BCUT2D eigenvalue weighted by Gasteiger charge is -2.19. The minimum atomic E-state index is -4.12. The van der Waals surface area contributed by atoms with E-state index in [0.29, 0.717) is 13.1 Å². The molecule has 0 spiro atoms. The summed E-state index contributed by atoms with van der Waals surface area (Å²) in [5.74, 6) is 0.725. The molecule has 0 radical (unpaired) electrons. The molecule has 2 aliphatic rings. The molecule has 1 unspecified atom stereocenters. The second kappa shape index (κ2) is 10.2. The summed E-state index contributed by atoms with van der Waals surface area (Å²) in [6, 6.07) is 0.0322. The number of halogens is 3. The normalized spacial score (nSPS) is 23.4. The third kappa shape index (κ3) is 8.27. The van der Waals surface area contributed by atoms with Crippen LogP contribution in [0.25, 0.3) is 0 Å². The van der Waals surface area contributed by atoms with Crippen LogP contribution in [0.5, 0.6) is 0 Å². The highest BCUT2D eigenvalue weighted by molar-refractivity contribution is 5.80. The molecule has 0 amide bonds. The fraction of sp³-hybridized carbons (Fsp3) is 0.941. The highest BCUT2D eigenvalue weighted by Crippen LogP contribution is 2.19. The van der Waals surface area contributed by atoms with Gasteiger partial charge in [-0.05, 0) is 58.7 Å². The highest BCUT2D eigenvalue weighted by atomic mass is 19.4. The van der Waals surface area contributed by atoms with E-state index in [1.807, 2.05) is 6.92 Å². The van der Waals surface area contributed by atoms with E-state index in [4.69, 9.17) is 0 Å². The monoisotopic (exact) mass is 363 g/mol. The summed E-state index contributed by atoms with van der Waals surface area (Å²) in [5, 5.41) is 6.48. The third-order valence-electron chi connectivity index (χ3n) is 4.71. The first-order valence-electron chi connectivity index (χ1n) is 9.52. The van der Waals surface area contributed by atoms with Gasteiger partial charge in [-0.1, -0.05) is 0 Å². The van der Waals surface area contributed by atoms with Crippen LogP contribution >= 0.6 is 0 Å². The molecule has 8 heteroatoms. The summed E-state index contributed by atoms with van der Waals surface area (Å²) in [4.78, 5) is 8.53. The summed E-state index contributed by atoms with van der Waals surface area (Å²) < 4.78 is 37.4. The molecular weight excluding hydrogens is 331 g/mol. The Hall–Kier alpha value is -1.02. The number of hydrogen-bond donors (Lipinski definition) is 2. The van der Waals surface area contributed by atoms with Gasteiger partial charge < -0.3 is 15.5 Å². The molecule has 0 aromatic carbocycles. The zero-order valence-electron chi connectivity index (χ0n) is 15.2. The van der Waals surface area contributed by atoms with E-state index in [9.17, 15) is 13.2 Å². The average molecular weight is 363 g/mol. The van der Waals surface area contributed by atoms with Crippen LogP contribution in [0.4, 0.5) is 13.2 Å². The Bertz CT molecular complexity index is 408. The fourth-order valence-electron chi connectivity index (χ4n) is 3.51. The summed E-state index contributed by atoms with van der Waals surface area (Å²) in [6.07, 6.45) is 1.42. The number of nitrogens with zero attached hydrogens (tertiary/aromatic N) is 3. The Labute approximate surface area is 149 Å². The molecule has 0 aliphatic carbocycles. The van der Waals surface area contributed by atoms with Crippen molar-refractivity contribution in [2.24, 2.45) is 4.99 Å². The van der Waals surface area contributed by atoms with Crippen molar-refractivity contribution in [1.29, 1.82) is 0 Å². The molecule has 2 rings (SSSR count). The van der Waals surface area contributed by atoms with Crippen molar-refractivity contribution < 1.29 is 13.2 Å². The second-order valence-corrected chi connectivity index (χ2v) is 7.00. The van der Waals surface area contributed by atoms with Crippen molar-refractivity contribution in [2.45, 2.75) is 51.2 Å². The Balaban J connectivity index is 1.66. The summed E-state index contributed by atoms with van der Waals surface area (Å²) in [6.45, 7) is 7.16. The molecule has 25 heavy (non-hydrogen) atoms. The third-order valence-corrected chi connectivity index (χ3v) is 4.71. The number of alkyl halides is 3. The Kier molecular flexibility index (Phi) is 8.29. The lowest BCUT2D eigenvalue weighted by Crippen LogP contribution is -2.45. The zero-order valence-corrected chi connectivity index (χ0v) is 15.2. The first-order valence-corrected chi connectivity index (χ1v) is 9.52. The molecule has 5 nitrogen and oxygen atoms in total. The fourth-order valence-corrected chi connectivity index (χ4v) is 3.51. The number of unbranched alkanes of at least 4 members (excludes halogenated alkanes) is 1. The summed E-state index contributed by atoms with van der Waals surface area (Å²) in [5.41, 5.74) is 0. The van der Waals surface area contributed by atoms with Gasteiger partial charge in [0.1, 0.15) is 0 Å². The van der Waals surface area contributed by atoms with E-state index in [2.05, 4.69) is 20.5 Å². The van der Waals surface area contributed by atoms with Crippen molar-refractivity contribution in [1.82, 2.24) is 20.4 Å². The van der Waals surface area contributed by atoms with Crippen LogP contribution in [0.3, 0.4) is 0 Å². The van der Waals surface area contributed by atoms with E-state index in [-0.39, 0.29) is 6.04 Å². The molecule has 2 fully saturated rings. The molecule has 2 N–H and O–H groups in total. The average Bonchev–Trinajstić information content (AvgIpc) is 3.17. The van der Waals surface area contributed by atoms with Crippen LogP contribution in [0.2, 0.25) is 0 Å². The zero-order chi connectivity index (χ0) is 18.1. The van der Waals surface area contributed by atoms with E-state index in [0.717, 1.165) is 44.9 Å². The van der Waals surface area contributed by atoms with Crippen LogP contribution in [0.15, 0.2) is 4.99 Å². The quantitative estimate of drug-likeness (QED) is 0.394.